The Balaban J connectivity index is 2.03. The Morgan fingerprint density at radius 3 is 2.82 bits per heavy atom. The fraction of sp³-hybridized carbons (Fsp3) is 0.636. The Labute approximate surface area is 103 Å². The lowest BCUT2D eigenvalue weighted by Gasteiger charge is -2.14. The largest absolute Gasteiger partial charge is 0.401 e. The van der Waals surface area contributed by atoms with E-state index in [1.165, 1.54) is 4.88 Å². The summed E-state index contributed by atoms with van der Waals surface area (Å²) < 4.78 is 40.9. The van der Waals surface area contributed by atoms with E-state index in [1.54, 1.807) is 18.3 Å². The molecule has 1 aromatic rings. The Hall–Kier alpha value is -0.590. The van der Waals surface area contributed by atoms with E-state index >= 15 is 0 Å². The summed E-state index contributed by atoms with van der Waals surface area (Å²) in [6.07, 6.45) is -3.56. The van der Waals surface area contributed by atoms with Gasteiger partial charge in [0.15, 0.2) is 0 Å². The van der Waals surface area contributed by atoms with Crippen molar-refractivity contribution in [2.45, 2.75) is 25.6 Å². The Bertz CT molecular complexity index is 300. The van der Waals surface area contributed by atoms with Gasteiger partial charge >= 0.3 is 6.18 Å². The summed E-state index contributed by atoms with van der Waals surface area (Å²) in [5.41, 5.74) is 0. The first-order valence-corrected chi connectivity index (χ1v) is 6.27. The molecule has 1 aromatic heterocycles. The molecule has 0 spiro atoms. The number of hydrogen-bond donors (Lipinski definition) is 1. The van der Waals surface area contributed by atoms with Crippen molar-refractivity contribution in [3.05, 3.63) is 22.4 Å². The predicted octanol–water partition coefficient (Wildman–Crippen LogP) is 2.85. The molecule has 0 amide bonds. The standard InChI is InChI=1S/C11H16F3NOS/c1-9(7-15-8-11(12,13)14)16-5-4-10-3-2-6-17-10/h2-3,6,9,15H,4-5,7-8H2,1H3. The number of nitrogens with one attached hydrogen (secondary N) is 1. The first kappa shape index (κ1) is 14.5. The minimum atomic E-state index is -4.16. The van der Waals surface area contributed by atoms with E-state index < -0.39 is 12.7 Å². The van der Waals surface area contributed by atoms with Crippen LogP contribution in [0.15, 0.2) is 17.5 Å². The summed E-state index contributed by atoms with van der Waals surface area (Å²) >= 11 is 1.65. The average Bonchev–Trinajstić information content (AvgIpc) is 2.68. The molecule has 0 fully saturated rings. The molecule has 0 saturated heterocycles. The molecule has 1 atom stereocenters. The molecule has 0 bridgehead atoms. The van der Waals surface area contributed by atoms with Gasteiger partial charge in [0.25, 0.3) is 0 Å². The maximum atomic E-state index is 11.8. The lowest BCUT2D eigenvalue weighted by Crippen LogP contribution is -2.34. The highest BCUT2D eigenvalue weighted by atomic mass is 32.1. The minimum Gasteiger partial charge on any atom is -0.377 e. The molecule has 0 radical (unpaired) electrons. The summed E-state index contributed by atoms with van der Waals surface area (Å²) in [6.45, 7) is 1.54. The van der Waals surface area contributed by atoms with E-state index in [1.807, 2.05) is 17.5 Å². The number of alkyl halides is 3. The Morgan fingerprint density at radius 2 is 2.24 bits per heavy atom. The fourth-order valence-corrected chi connectivity index (χ4v) is 1.98. The molecule has 2 nitrogen and oxygen atoms in total. The van der Waals surface area contributed by atoms with Gasteiger partial charge in [0.05, 0.1) is 19.3 Å². The topological polar surface area (TPSA) is 21.3 Å². The van der Waals surface area contributed by atoms with Gasteiger partial charge in [-0.15, -0.1) is 11.3 Å². The molecule has 1 N–H and O–H groups in total. The lowest BCUT2D eigenvalue weighted by molar-refractivity contribution is -0.125. The van der Waals surface area contributed by atoms with Crippen LogP contribution in [0, 0.1) is 0 Å². The number of rotatable bonds is 7. The quantitative estimate of drug-likeness (QED) is 0.820. The SMILES string of the molecule is CC(CNCC(F)(F)F)OCCc1cccs1. The second-order valence-corrected chi connectivity index (χ2v) is 4.79. The van der Waals surface area contributed by atoms with Crippen molar-refractivity contribution in [3.8, 4) is 0 Å². The zero-order valence-electron chi connectivity index (χ0n) is 9.59. The van der Waals surface area contributed by atoms with Crippen molar-refractivity contribution in [3.63, 3.8) is 0 Å². The van der Waals surface area contributed by atoms with Crippen molar-refractivity contribution < 1.29 is 17.9 Å². The highest BCUT2D eigenvalue weighted by Crippen LogP contribution is 2.12. The van der Waals surface area contributed by atoms with E-state index in [2.05, 4.69) is 5.32 Å². The molecule has 0 aromatic carbocycles. The molecular formula is C11H16F3NOS. The zero-order chi connectivity index (χ0) is 12.7. The molecule has 1 unspecified atom stereocenters. The highest BCUT2D eigenvalue weighted by Gasteiger charge is 2.26. The normalized spacial score (nSPS) is 13.9. The van der Waals surface area contributed by atoms with Gasteiger partial charge in [-0.3, -0.25) is 0 Å². The van der Waals surface area contributed by atoms with Crippen LogP contribution in [0.4, 0.5) is 13.2 Å². The minimum absolute atomic E-state index is 0.211. The van der Waals surface area contributed by atoms with Crippen molar-refractivity contribution in [1.29, 1.82) is 0 Å². The van der Waals surface area contributed by atoms with Crippen LogP contribution in [0.3, 0.4) is 0 Å². The maximum Gasteiger partial charge on any atom is 0.401 e. The van der Waals surface area contributed by atoms with Gasteiger partial charge < -0.3 is 10.1 Å². The number of hydrogen-bond acceptors (Lipinski definition) is 3. The third-order valence-corrected chi connectivity index (χ3v) is 3.02. The van der Waals surface area contributed by atoms with Gasteiger partial charge in [0, 0.05) is 17.8 Å². The van der Waals surface area contributed by atoms with Crippen molar-refractivity contribution in [2.75, 3.05) is 19.7 Å². The van der Waals surface area contributed by atoms with Gasteiger partial charge in [-0.05, 0) is 18.4 Å². The monoisotopic (exact) mass is 267 g/mol. The summed E-state index contributed by atoms with van der Waals surface area (Å²) in [5, 5.41) is 4.31. The van der Waals surface area contributed by atoms with Crippen LogP contribution in [0.2, 0.25) is 0 Å². The maximum absolute atomic E-state index is 11.8. The van der Waals surface area contributed by atoms with Crippen molar-refractivity contribution in [1.82, 2.24) is 5.32 Å². The third-order valence-electron chi connectivity index (χ3n) is 2.09. The highest BCUT2D eigenvalue weighted by molar-refractivity contribution is 7.09. The molecule has 98 valence electrons. The van der Waals surface area contributed by atoms with E-state index in [4.69, 9.17) is 4.74 Å². The predicted molar refractivity (Wildman–Crippen MR) is 62.4 cm³/mol. The van der Waals surface area contributed by atoms with E-state index in [0.717, 1.165) is 6.42 Å². The molecule has 17 heavy (non-hydrogen) atoms. The van der Waals surface area contributed by atoms with Crippen molar-refractivity contribution in [2.24, 2.45) is 0 Å². The van der Waals surface area contributed by atoms with Crippen LogP contribution in [-0.4, -0.2) is 32.0 Å². The lowest BCUT2D eigenvalue weighted by atomic mass is 10.3. The third kappa shape index (κ3) is 7.36. The zero-order valence-corrected chi connectivity index (χ0v) is 10.4. The van der Waals surface area contributed by atoms with Crippen LogP contribution in [0.5, 0.6) is 0 Å². The number of halogens is 3. The molecule has 6 heteroatoms. The molecule has 0 aliphatic carbocycles. The Morgan fingerprint density at radius 1 is 1.47 bits per heavy atom. The fourth-order valence-electron chi connectivity index (χ4n) is 1.29. The van der Waals surface area contributed by atoms with Gasteiger partial charge in [-0.2, -0.15) is 13.2 Å². The smallest absolute Gasteiger partial charge is 0.377 e. The summed E-state index contributed by atoms with van der Waals surface area (Å²) in [6, 6.07) is 3.98. The van der Waals surface area contributed by atoms with E-state index in [-0.39, 0.29) is 12.6 Å². The van der Waals surface area contributed by atoms with Crippen LogP contribution < -0.4 is 5.32 Å². The van der Waals surface area contributed by atoms with Crippen LogP contribution in [0.25, 0.3) is 0 Å². The molecule has 1 rings (SSSR count). The molecule has 0 aliphatic heterocycles. The summed E-state index contributed by atoms with van der Waals surface area (Å²) in [4.78, 5) is 1.22. The van der Waals surface area contributed by atoms with Gasteiger partial charge in [0.2, 0.25) is 0 Å². The molecule has 1 heterocycles. The van der Waals surface area contributed by atoms with E-state index in [0.29, 0.717) is 6.61 Å². The summed E-state index contributed by atoms with van der Waals surface area (Å²) in [5.74, 6) is 0. The number of thiophene rings is 1. The second-order valence-electron chi connectivity index (χ2n) is 3.76. The summed E-state index contributed by atoms with van der Waals surface area (Å²) in [7, 11) is 0. The first-order chi connectivity index (χ1) is 7.97. The van der Waals surface area contributed by atoms with Crippen molar-refractivity contribution >= 4 is 11.3 Å². The van der Waals surface area contributed by atoms with Gasteiger partial charge in [-0.25, -0.2) is 0 Å². The average molecular weight is 267 g/mol. The first-order valence-electron chi connectivity index (χ1n) is 5.39. The van der Waals surface area contributed by atoms with Gasteiger partial charge in [-0.1, -0.05) is 6.07 Å². The number of ether oxygens (including phenoxy) is 1. The Kier molecular flexibility index (Phi) is 5.94. The van der Waals surface area contributed by atoms with Crippen LogP contribution in [0.1, 0.15) is 11.8 Å². The molecule has 0 saturated carbocycles. The molecular weight excluding hydrogens is 251 g/mol. The van der Waals surface area contributed by atoms with Crippen LogP contribution in [-0.2, 0) is 11.2 Å². The van der Waals surface area contributed by atoms with Gasteiger partial charge in [0.1, 0.15) is 0 Å². The van der Waals surface area contributed by atoms with Crippen LogP contribution >= 0.6 is 11.3 Å². The molecule has 0 aliphatic rings. The second kappa shape index (κ2) is 6.98. The van der Waals surface area contributed by atoms with E-state index in [9.17, 15) is 13.2 Å².